The van der Waals surface area contributed by atoms with E-state index in [1.165, 1.54) is 11.8 Å². The van der Waals surface area contributed by atoms with Gasteiger partial charge >= 0.3 is 0 Å². The molecule has 1 amide bonds. The van der Waals surface area contributed by atoms with Gasteiger partial charge in [-0.3, -0.25) is 9.20 Å². The van der Waals surface area contributed by atoms with Crippen LogP contribution in [0.3, 0.4) is 0 Å². The number of thioether (sulfide) groups is 1. The zero-order valence-electron chi connectivity index (χ0n) is 14.2. The lowest BCUT2D eigenvalue weighted by molar-refractivity contribution is -0.113. The second kappa shape index (κ2) is 7.13. The molecule has 6 nitrogen and oxygen atoms in total. The molecule has 0 atom stereocenters. The molecule has 0 saturated heterocycles. The van der Waals surface area contributed by atoms with E-state index in [2.05, 4.69) is 27.4 Å². The number of hydrogen-bond acceptors (Lipinski definition) is 5. The molecule has 0 saturated carbocycles. The Balaban J connectivity index is 1.55. The Hall–Kier alpha value is -2.93. The van der Waals surface area contributed by atoms with Gasteiger partial charge in [-0.25, -0.2) is 4.98 Å². The molecule has 4 aromatic rings. The highest BCUT2D eigenvalue weighted by atomic mass is 32.2. The lowest BCUT2D eigenvalue weighted by Gasteiger charge is -2.10. The third-order valence-electron chi connectivity index (χ3n) is 4.11. The molecule has 1 N–H and O–H groups in total. The molecule has 2 aromatic heterocycles. The molecule has 7 heteroatoms. The number of benzene rings is 2. The maximum absolute atomic E-state index is 12.4. The van der Waals surface area contributed by atoms with Gasteiger partial charge in [0, 0.05) is 5.69 Å². The number of aromatic nitrogens is 4. The summed E-state index contributed by atoms with van der Waals surface area (Å²) in [5.74, 6) is 0.190. The van der Waals surface area contributed by atoms with Crippen LogP contribution in [0.15, 0.2) is 59.9 Å². The molecule has 0 bridgehead atoms. The maximum Gasteiger partial charge on any atom is 0.234 e. The van der Waals surface area contributed by atoms with Crippen LogP contribution in [0, 0.1) is 0 Å². The summed E-state index contributed by atoms with van der Waals surface area (Å²) < 4.78 is 1.90. The quantitative estimate of drug-likeness (QED) is 0.549. The molecule has 0 unspecified atom stereocenters. The molecule has 0 aliphatic rings. The summed E-state index contributed by atoms with van der Waals surface area (Å²) in [5, 5.41) is 11.8. The fourth-order valence-corrected chi connectivity index (χ4v) is 3.62. The van der Waals surface area contributed by atoms with Crippen molar-refractivity contribution in [3.63, 3.8) is 0 Å². The molecule has 0 spiro atoms. The first-order valence-corrected chi connectivity index (χ1v) is 9.34. The molecule has 4 rings (SSSR count). The van der Waals surface area contributed by atoms with Crippen molar-refractivity contribution in [2.75, 3.05) is 11.1 Å². The molecule has 0 aliphatic heterocycles. The monoisotopic (exact) mass is 363 g/mol. The number of nitrogens with zero attached hydrogens (tertiary/aromatic N) is 4. The number of aryl methyl sites for hydroxylation is 1. The predicted molar refractivity (Wildman–Crippen MR) is 103 cm³/mol. The number of amides is 1. The van der Waals surface area contributed by atoms with Crippen molar-refractivity contribution in [2.24, 2.45) is 0 Å². The van der Waals surface area contributed by atoms with Gasteiger partial charge in [0.25, 0.3) is 0 Å². The number of carbonyl (C=O) groups is 1. The molecule has 0 fully saturated rings. The van der Waals surface area contributed by atoms with Gasteiger partial charge in [-0.1, -0.05) is 49.0 Å². The van der Waals surface area contributed by atoms with Crippen molar-refractivity contribution in [1.29, 1.82) is 0 Å². The second-order valence-corrected chi connectivity index (χ2v) is 6.74. The zero-order valence-corrected chi connectivity index (χ0v) is 15.0. The molecular weight excluding hydrogens is 346 g/mol. The summed E-state index contributed by atoms with van der Waals surface area (Å²) in [6.45, 7) is 2.07. The van der Waals surface area contributed by atoms with Crippen LogP contribution in [0.25, 0.3) is 16.7 Å². The van der Waals surface area contributed by atoms with Crippen LogP contribution >= 0.6 is 11.8 Å². The van der Waals surface area contributed by atoms with Crippen LogP contribution in [-0.2, 0) is 11.2 Å². The van der Waals surface area contributed by atoms with Crippen LogP contribution in [0.5, 0.6) is 0 Å². The van der Waals surface area contributed by atoms with E-state index in [-0.39, 0.29) is 11.7 Å². The minimum absolute atomic E-state index is 0.0662. The average molecular weight is 363 g/mol. The van der Waals surface area contributed by atoms with Gasteiger partial charge in [-0.05, 0) is 30.2 Å². The summed E-state index contributed by atoms with van der Waals surface area (Å²) in [4.78, 5) is 17.0. The normalized spacial score (nSPS) is 11.1. The predicted octanol–water partition coefficient (Wildman–Crippen LogP) is 3.57. The Morgan fingerprint density at radius 2 is 1.96 bits per heavy atom. The second-order valence-electron chi connectivity index (χ2n) is 5.78. The molecule has 26 heavy (non-hydrogen) atoms. The smallest absolute Gasteiger partial charge is 0.234 e. The summed E-state index contributed by atoms with van der Waals surface area (Å²) in [5.41, 5.74) is 4.43. The fraction of sp³-hybridized carbons (Fsp3) is 0.158. The fourth-order valence-electron chi connectivity index (χ4n) is 2.85. The highest BCUT2D eigenvalue weighted by molar-refractivity contribution is 8.00. The SMILES string of the molecule is CCc1ccccc1NC(=O)CSc1nc2ccccc2n2cnnc12. The number of rotatable bonds is 5. The van der Waals surface area contributed by atoms with Crippen LogP contribution < -0.4 is 5.32 Å². The number of anilines is 1. The molecular formula is C19H17N5OS. The third kappa shape index (κ3) is 3.13. The van der Waals surface area contributed by atoms with Gasteiger partial charge in [-0.15, -0.1) is 10.2 Å². The minimum Gasteiger partial charge on any atom is -0.325 e. The molecule has 2 heterocycles. The number of carbonyl (C=O) groups excluding carboxylic acids is 1. The number of nitrogens with one attached hydrogen (secondary N) is 1. The van der Waals surface area contributed by atoms with Crippen LogP contribution in [0.2, 0.25) is 0 Å². The number of para-hydroxylation sites is 3. The first kappa shape index (κ1) is 16.5. The molecule has 0 radical (unpaired) electrons. The Morgan fingerprint density at radius 1 is 1.15 bits per heavy atom. The van der Waals surface area contributed by atoms with Crippen molar-refractivity contribution in [3.8, 4) is 0 Å². The maximum atomic E-state index is 12.4. The van der Waals surface area contributed by atoms with E-state index < -0.39 is 0 Å². The largest absolute Gasteiger partial charge is 0.325 e. The minimum atomic E-state index is -0.0662. The van der Waals surface area contributed by atoms with Crippen molar-refractivity contribution in [1.82, 2.24) is 19.6 Å². The summed E-state index contributed by atoms with van der Waals surface area (Å²) in [7, 11) is 0. The van der Waals surface area contributed by atoms with Crippen molar-refractivity contribution in [2.45, 2.75) is 18.4 Å². The van der Waals surface area contributed by atoms with E-state index in [1.807, 2.05) is 52.9 Å². The first-order valence-electron chi connectivity index (χ1n) is 8.35. The van der Waals surface area contributed by atoms with Gasteiger partial charge in [0.1, 0.15) is 11.4 Å². The Kier molecular flexibility index (Phi) is 4.53. The van der Waals surface area contributed by atoms with E-state index in [9.17, 15) is 4.79 Å². The highest BCUT2D eigenvalue weighted by Crippen LogP contribution is 2.25. The van der Waals surface area contributed by atoms with Gasteiger partial charge in [0.05, 0.1) is 16.8 Å². The Morgan fingerprint density at radius 3 is 2.85 bits per heavy atom. The van der Waals surface area contributed by atoms with E-state index in [1.54, 1.807) is 6.33 Å². The number of fused-ring (bicyclic) bond motifs is 3. The molecule has 0 aliphatic carbocycles. The van der Waals surface area contributed by atoms with Crippen molar-refractivity contribution >= 4 is 40.0 Å². The van der Waals surface area contributed by atoms with Gasteiger partial charge in [-0.2, -0.15) is 0 Å². The highest BCUT2D eigenvalue weighted by Gasteiger charge is 2.13. The van der Waals surface area contributed by atoms with Crippen molar-refractivity contribution < 1.29 is 4.79 Å². The van der Waals surface area contributed by atoms with E-state index in [0.29, 0.717) is 10.7 Å². The van der Waals surface area contributed by atoms with Crippen molar-refractivity contribution in [3.05, 3.63) is 60.4 Å². The number of hydrogen-bond donors (Lipinski definition) is 1. The van der Waals surface area contributed by atoms with Gasteiger partial charge in [0.2, 0.25) is 5.91 Å². The lowest BCUT2D eigenvalue weighted by atomic mass is 10.1. The molecule has 2 aromatic carbocycles. The van der Waals surface area contributed by atoms with E-state index in [0.717, 1.165) is 28.7 Å². The summed E-state index contributed by atoms with van der Waals surface area (Å²) >= 11 is 1.36. The summed E-state index contributed by atoms with van der Waals surface area (Å²) in [6, 6.07) is 15.7. The van der Waals surface area contributed by atoms with E-state index >= 15 is 0 Å². The van der Waals surface area contributed by atoms with Gasteiger partial charge < -0.3 is 5.32 Å². The van der Waals surface area contributed by atoms with Crippen LogP contribution in [-0.4, -0.2) is 31.2 Å². The lowest BCUT2D eigenvalue weighted by Crippen LogP contribution is -2.15. The third-order valence-corrected chi connectivity index (χ3v) is 5.07. The average Bonchev–Trinajstić information content (AvgIpc) is 3.17. The standard InChI is InChI=1S/C19H17N5OS/c1-2-13-7-3-4-8-14(13)21-17(25)11-26-19-18-23-20-12-24(18)16-10-6-5-9-15(16)22-19/h3-10,12H,2,11H2,1H3,(H,21,25). The summed E-state index contributed by atoms with van der Waals surface area (Å²) in [6.07, 6.45) is 2.54. The van der Waals surface area contributed by atoms with Crippen LogP contribution in [0.4, 0.5) is 5.69 Å². The first-order chi connectivity index (χ1) is 12.8. The zero-order chi connectivity index (χ0) is 17.9. The topological polar surface area (TPSA) is 72.2 Å². The Bertz CT molecular complexity index is 1090. The Labute approximate surface area is 154 Å². The van der Waals surface area contributed by atoms with E-state index in [4.69, 9.17) is 0 Å². The van der Waals surface area contributed by atoms with Crippen LogP contribution in [0.1, 0.15) is 12.5 Å². The molecule has 130 valence electrons. The van der Waals surface area contributed by atoms with Gasteiger partial charge in [0.15, 0.2) is 5.65 Å².